The van der Waals surface area contributed by atoms with Crippen molar-refractivity contribution in [2.45, 2.75) is 18.9 Å². The van der Waals surface area contributed by atoms with Gasteiger partial charge in [-0.3, -0.25) is 4.79 Å². The van der Waals surface area contributed by atoms with E-state index in [-0.39, 0.29) is 17.8 Å². The second kappa shape index (κ2) is 7.24. The Kier molecular flexibility index (Phi) is 4.42. The van der Waals surface area contributed by atoms with Gasteiger partial charge in [-0.2, -0.15) is 5.10 Å². The topological polar surface area (TPSA) is 56.6 Å². The zero-order valence-corrected chi connectivity index (χ0v) is 15.8. The van der Waals surface area contributed by atoms with Crippen LogP contribution in [0, 0.1) is 5.82 Å². The summed E-state index contributed by atoms with van der Waals surface area (Å²) in [5.41, 5.74) is 1.64. The Morgan fingerprint density at radius 3 is 2.76 bits per heavy atom. The Labute approximate surface area is 167 Å². The summed E-state index contributed by atoms with van der Waals surface area (Å²) in [5.74, 6) is 0.916. The molecule has 1 saturated heterocycles. The minimum atomic E-state index is -0.384. The number of carbonyl (C=O) groups excluding carboxylic acids is 1. The molecule has 3 aromatic rings. The molecule has 7 heteroatoms. The van der Waals surface area contributed by atoms with E-state index in [1.807, 2.05) is 23.1 Å². The third kappa shape index (κ3) is 3.22. The number of carbonyl (C=O) groups is 1. The smallest absolute Gasteiger partial charge is 0.274 e. The maximum atomic E-state index is 14.0. The number of para-hydroxylation sites is 1. The fourth-order valence-corrected chi connectivity index (χ4v) is 3.98. The molecule has 1 unspecified atom stereocenters. The summed E-state index contributed by atoms with van der Waals surface area (Å²) in [4.78, 5) is 15.0. The molecule has 0 spiro atoms. The first kappa shape index (κ1) is 17.7. The van der Waals surface area contributed by atoms with Crippen LogP contribution in [-0.4, -0.2) is 40.3 Å². The Hall–Kier alpha value is -3.35. The number of likely N-dealkylation sites (tertiary alicyclic amines) is 1. The number of rotatable bonds is 3. The van der Waals surface area contributed by atoms with Gasteiger partial charge in [0.15, 0.2) is 17.2 Å². The van der Waals surface area contributed by atoms with Gasteiger partial charge in [-0.1, -0.05) is 18.2 Å². The van der Waals surface area contributed by atoms with Crippen LogP contribution in [0.4, 0.5) is 4.39 Å². The molecule has 1 atom stereocenters. The van der Waals surface area contributed by atoms with E-state index >= 15 is 0 Å². The average molecular weight is 393 g/mol. The van der Waals surface area contributed by atoms with Gasteiger partial charge in [-0.25, -0.2) is 9.07 Å². The monoisotopic (exact) mass is 393 g/mol. The van der Waals surface area contributed by atoms with Crippen LogP contribution >= 0.6 is 0 Å². The van der Waals surface area contributed by atoms with Crippen LogP contribution in [0.15, 0.2) is 54.7 Å². The molecule has 5 rings (SSSR count). The lowest BCUT2D eigenvalue weighted by Gasteiger charge is -2.26. The van der Waals surface area contributed by atoms with Crippen molar-refractivity contribution in [1.82, 2.24) is 14.7 Å². The third-order valence-electron chi connectivity index (χ3n) is 5.37. The fourth-order valence-electron chi connectivity index (χ4n) is 3.98. The van der Waals surface area contributed by atoms with Gasteiger partial charge < -0.3 is 14.4 Å². The third-order valence-corrected chi connectivity index (χ3v) is 5.37. The summed E-state index contributed by atoms with van der Waals surface area (Å²) in [6, 6.07) is 13.8. The van der Waals surface area contributed by atoms with Crippen molar-refractivity contribution in [1.29, 1.82) is 0 Å². The first-order valence-electron chi connectivity index (χ1n) is 9.72. The van der Waals surface area contributed by atoms with Gasteiger partial charge >= 0.3 is 0 Å². The molecule has 0 radical (unpaired) electrons. The molecule has 1 fully saturated rings. The standard InChI is InChI=1S/C22H20FN3O3/c23-16-4-1-2-5-19(16)26-11-9-17(24-26)22(27)25-10-3-6-18(25)15-7-8-20-21(14-15)29-13-12-28-20/h1-2,4-5,7-9,11,14,18H,3,6,10,12-13H2. The minimum absolute atomic E-state index is 0.0445. The van der Waals surface area contributed by atoms with Crippen LogP contribution in [0.25, 0.3) is 5.69 Å². The van der Waals surface area contributed by atoms with Gasteiger partial charge in [0.2, 0.25) is 0 Å². The Morgan fingerprint density at radius 2 is 1.90 bits per heavy atom. The van der Waals surface area contributed by atoms with E-state index in [0.29, 0.717) is 31.1 Å². The normalized spacial score (nSPS) is 18.1. The van der Waals surface area contributed by atoms with Gasteiger partial charge in [-0.05, 0) is 48.7 Å². The predicted octanol–water partition coefficient (Wildman–Crippen LogP) is 3.76. The summed E-state index contributed by atoms with van der Waals surface area (Å²) in [5, 5.41) is 4.32. The summed E-state index contributed by atoms with van der Waals surface area (Å²) < 4.78 is 26.7. The van der Waals surface area contributed by atoms with Crippen LogP contribution in [0.1, 0.15) is 34.9 Å². The lowest BCUT2D eigenvalue weighted by molar-refractivity contribution is 0.0728. The first-order valence-corrected chi connectivity index (χ1v) is 9.72. The number of benzene rings is 2. The summed E-state index contributed by atoms with van der Waals surface area (Å²) >= 11 is 0. The first-order chi connectivity index (χ1) is 14.2. The highest BCUT2D eigenvalue weighted by molar-refractivity contribution is 5.92. The number of aromatic nitrogens is 2. The maximum absolute atomic E-state index is 14.0. The highest BCUT2D eigenvalue weighted by Gasteiger charge is 2.32. The summed E-state index contributed by atoms with van der Waals surface area (Å²) in [7, 11) is 0. The molecule has 1 aromatic heterocycles. The molecule has 1 amide bonds. The van der Waals surface area contributed by atoms with Crippen molar-refractivity contribution >= 4 is 5.91 Å². The quantitative estimate of drug-likeness (QED) is 0.680. The molecule has 2 aromatic carbocycles. The Balaban J connectivity index is 1.40. The van der Waals surface area contributed by atoms with Crippen molar-refractivity contribution in [3.8, 4) is 17.2 Å². The SMILES string of the molecule is O=C(c1ccn(-c2ccccc2F)n1)N1CCCC1c1ccc2c(c1)OCCO2. The number of halogens is 1. The van der Waals surface area contributed by atoms with E-state index in [4.69, 9.17) is 9.47 Å². The summed E-state index contributed by atoms with van der Waals surface area (Å²) in [6.07, 6.45) is 3.40. The number of amides is 1. The number of ether oxygens (including phenoxy) is 2. The van der Waals surface area contributed by atoms with Crippen molar-refractivity contribution in [3.05, 3.63) is 71.8 Å². The molecule has 148 valence electrons. The van der Waals surface area contributed by atoms with Gasteiger partial charge in [0, 0.05) is 12.7 Å². The molecule has 29 heavy (non-hydrogen) atoms. The van der Waals surface area contributed by atoms with E-state index in [2.05, 4.69) is 5.10 Å². The molecule has 0 aliphatic carbocycles. The van der Waals surface area contributed by atoms with Crippen LogP contribution in [0.3, 0.4) is 0 Å². The lowest BCUT2D eigenvalue weighted by atomic mass is 10.0. The van der Waals surface area contributed by atoms with Crippen molar-refractivity contribution in [3.63, 3.8) is 0 Å². The second-order valence-corrected chi connectivity index (χ2v) is 7.16. The van der Waals surface area contributed by atoms with Crippen LogP contribution in [0.5, 0.6) is 11.5 Å². The van der Waals surface area contributed by atoms with Crippen molar-refractivity contribution in [2.75, 3.05) is 19.8 Å². The van der Waals surface area contributed by atoms with Crippen LogP contribution in [0.2, 0.25) is 0 Å². The number of hydrogen-bond acceptors (Lipinski definition) is 4. The number of hydrogen-bond donors (Lipinski definition) is 0. The molecule has 6 nitrogen and oxygen atoms in total. The van der Waals surface area contributed by atoms with E-state index in [0.717, 1.165) is 29.9 Å². The molecule has 3 heterocycles. The Morgan fingerprint density at radius 1 is 1.07 bits per heavy atom. The lowest BCUT2D eigenvalue weighted by Crippen LogP contribution is -2.31. The molecule has 2 aliphatic heterocycles. The zero-order chi connectivity index (χ0) is 19.8. The number of nitrogens with zero attached hydrogens (tertiary/aromatic N) is 3. The van der Waals surface area contributed by atoms with Gasteiger partial charge in [0.05, 0.1) is 6.04 Å². The highest BCUT2D eigenvalue weighted by atomic mass is 19.1. The molecule has 0 saturated carbocycles. The van der Waals surface area contributed by atoms with E-state index < -0.39 is 0 Å². The Bertz CT molecular complexity index is 1060. The van der Waals surface area contributed by atoms with Gasteiger partial charge in [-0.15, -0.1) is 0 Å². The van der Waals surface area contributed by atoms with Gasteiger partial charge in [0.1, 0.15) is 24.7 Å². The van der Waals surface area contributed by atoms with E-state index in [1.54, 1.807) is 30.5 Å². The molecule has 0 N–H and O–H groups in total. The second-order valence-electron chi connectivity index (χ2n) is 7.16. The highest BCUT2D eigenvalue weighted by Crippen LogP contribution is 2.38. The van der Waals surface area contributed by atoms with Crippen molar-refractivity contribution in [2.24, 2.45) is 0 Å². The molecule has 0 bridgehead atoms. The fraction of sp³-hybridized carbons (Fsp3) is 0.273. The molecular formula is C22H20FN3O3. The van der Waals surface area contributed by atoms with E-state index in [1.165, 1.54) is 10.7 Å². The molecule has 2 aliphatic rings. The maximum Gasteiger partial charge on any atom is 0.274 e. The molecular weight excluding hydrogens is 373 g/mol. The van der Waals surface area contributed by atoms with Crippen LogP contribution < -0.4 is 9.47 Å². The predicted molar refractivity (Wildman–Crippen MR) is 104 cm³/mol. The van der Waals surface area contributed by atoms with E-state index in [9.17, 15) is 9.18 Å². The van der Waals surface area contributed by atoms with Crippen LogP contribution in [-0.2, 0) is 0 Å². The zero-order valence-electron chi connectivity index (χ0n) is 15.8. The number of fused-ring (bicyclic) bond motifs is 1. The minimum Gasteiger partial charge on any atom is -0.486 e. The summed E-state index contributed by atoms with van der Waals surface area (Å²) in [6.45, 7) is 1.73. The largest absolute Gasteiger partial charge is 0.486 e. The average Bonchev–Trinajstić information content (AvgIpc) is 3.43. The van der Waals surface area contributed by atoms with Gasteiger partial charge in [0.25, 0.3) is 5.91 Å². The van der Waals surface area contributed by atoms with Crippen molar-refractivity contribution < 1.29 is 18.7 Å².